The van der Waals surface area contributed by atoms with E-state index in [9.17, 15) is 0 Å². The average Bonchev–Trinajstić information content (AvgIpc) is 3.54. The van der Waals surface area contributed by atoms with Gasteiger partial charge in [0.1, 0.15) is 51.6 Å². The van der Waals surface area contributed by atoms with Gasteiger partial charge in [-0.25, -0.2) is 0 Å². The molecule has 0 fully saturated rings. The zero-order valence-electron chi connectivity index (χ0n) is 27.5. The number of methoxy groups -OCH3 is 5. The quantitative estimate of drug-likeness (QED) is 0.155. The number of ether oxygens (including phenoxy) is 7. The Bertz CT molecular complexity index is 2120. The van der Waals surface area contributed by atoms with E-state index >= 15 is 0 Å². The molecular formula is C39H35BrO8. The summed E-state index contributed by atoms with van der Waals surface area (Å²) >= 11 is 3.97. The van der Waals surface area contributed by atoms with Crippen molar-refractivity contribution in [1.29, 1.82) is 0 Å². The molecule has 3 heterocycles. The molecule has 0 unspecified atom stereocenters. The van der Waals surface area contributed by atoms with Crippen molar-refractivity contribution >= 4 is 26.9 Å². The highest BCUT2D eigenvalue weighted by Crippen LogP contribution is 2.66. The zero-order valence-corrected chi connectivity index (χ0v) is 29.1. The summed E-state index contributed by atoms with van der Waals surface area (Å²) < 4.78 is 50.6. The molecule has 0 saturated heterocycles. The van der Waals surface area contributed by atoms with Crippen molar-refractivity contribution in [3.8, 4) is 51.6 Å². The number of hydrogen-bond acceptors (Lipinski definition) is 8. The Kier molecular flexibility index (Phi) is 7.29. The van der Waals surface area contributed by atoms with Crippen LogP contribution in [0.4, 0.5) is 0 Å². The van der Waals surface area contributed by atoms with Gasteiger partial charge in [-0.2, -0.15) is 0 Å². The minimum Gasteiger partial charge on any atom is -0.497 e. The van der Waals surface area contributed by atoms with Crippen molar-refractivity contribution in [2.24, 2.45) is 5.92 Å². The van der Waals surface area contributed by atoms with Crippen molar-refractivity contribution in [1.82, 2.24) is 0 Å². The second kappa shape index (κ2) is 11.4. The normalized spacial score (nSPS) is 21.9. The summed E-state index contributed by atoms with van der Waals surface area (Å²) in [5, 5.41) is 0.949. The maximum absolute atomic E-state index is 7.37. The number of hydrogen-bond donors (Lipinski definition) is 0. The molecule has 2 aliphatic heterocycles. The van der Waals surface area contributed by atoms with E-state index in [0.717, 1.165) is 44.3 Å². The largest absolute Gasteiger partial charge is 0.497 e. The first-order valence-electron chi connectivity index (χ1n) is 15.8. The maximum Gasteiger partial charge on any atom is 0.285 e. The lowest BCUT2D eigenvalue weighted by Gasteiger charge is -2.55. The van der Waals surface area contributed by atoms with E-state index in [2.05, 4.69) is 35.0 Å². The summed E-state index contributed by atoms with van der Waals surface area (Å²) in [7, 11) is 8.28. The van der Waals surface area contributed by atoms with Crippen molar-refractivity contribution in [3.63, 3.8) is 0 Å². The molecule has 8 rings (SSSR count). The van der Waals surface area contributed by atoms with Crippen LogP contribution in [0.3, 0.4) is 0 Å². The molecule has 1 aliphatic carbocycles. The third kappa shape index (κ3) is 4.47. The second-order valence-electron chi connectivity index (χ2n) is 12.4. The van der Waals surface area contributed by atoms with Crippen LogP contribution in [0.5, 0.6) is 40.2 Å². The summed E-state index contributed by atoms with van der Waals surface area (Å²) in [6.45, 7) is 2.19. The van der Waals surface area contributed by atoms with E-state index in [1.807, 2.05) is 60.7 Å². The number of halogens is 1. The van der Waals surface area contributed by atoms with E-state index in [4.69, 9.17) is 37.6 Å². The van der Waals surface area contributed by atoms with E-state index < -0.39 is 5.79 Å². The molecule has 9 heteroatoms. The van der Waals surface area contributed by atoms with E-state index in [-0.39, 0.29) is 17.8 Å². The predicted octanol–water partition coefficient (Wildman–Crippen LogP) is 9.38. The van der Waals surface area contributed by atoms with Gasteiger partial charge in [0.25, 0.3) is 5.79 Å². The van der Waals surface area contributed by atoms with Crippen LogP contribution in [-0.2, 0) is 5.79 Å². The lowest BCUT2D eigenvalue weighted by molar-refractivity contribution is -0.198. The highest BCUT2D eigenvalue weighted by atomic mass is 79.9. The first-order valence-corrected chi connectivity index (χ1v) is 16.6. The van der Waals surface area contributed by atoms with Gasteiger partial charge in [-0.15, -0.1) is 0 Å². The highest BCUT2D eigenvalue weighted by Gasteiger charge is 2.62. The van der Waals surface area contributed by atoms with Gasteiger partial charge in [-0.3, -0.25) is 0 Å². The lowest BCUT2D eigenvalue weighted by atomic mass is 9.61. The van der Waals surface area contributed by atoms with Crippen LogP contribution in [0.2, 0.25) is 0 Å². The Morgan fingerprint density at radius 2 is 1.46 bits per heavy atom. The van der Waals surface area contributed by atoms with Crippen LogP contribution in [0.1, 0.15) is 41.9 Å². The topological polar surface area (TPSA) is 77.8 Å². The number of fused-ring (bicyclic) bond motifs is 5. The third-order valence-electron chi connectivity index (χ3n) is 9.95. The van der Waals surface area contributed by atoms with Crippen LogP contribution < -0.4 is 33.2 Å². The number of furan rings is 1. The molecule has 246 valence electrons. The molecule has 0 N–H and O–H groups in total. The zero-order chi connectivity index (χ0) is 33.3. The van der Waals surface area contributed by atoms with Gasteiger partial charge in [-0.05, 0) is 77.3 Å². The lowest BCUT2D eigenvalue weighted by Crippen LogP contribution is -2.56. The monoisotopic (exact) mass is 710 g/mol. The molecule has 3 aliphatic rings. The fourth-order valence-corrected chi connectivity index (χ4v) is 8.42. The first kappa shape index (κ1) is 30.6. The van der Waals surface area contributed by atoms with Crippen molar-refractivity contribution < 1.29 is 37.6 Å². The summed E-state index contributed by atoms with van der Waals surface area (Å²) in [5.41, 5.74) is 5.58. The standard InChI is InChI=1S/C39H35BrO8/c1-20-13-26-25-11-9-23(42-3)17-32(25)47-39(29-12-10-24(43-4)18-33(29)44-5)36(26)28(14-20)35-34(45-6)19-27(37(40)38(35)48-39)31-15-21-7-8-22(41-2)16-30(21)46-31/h7-12,14-19,26,28,36H,13H2,1-6H3/t26-,28-,36-,39+/m1/s1. The smallest absolute Gasteiger partial charge is 0.285 e. The van der Waals surface area contributed by atoms with Gasteiger partial charge < -0.3 is 37.6 Å². The Labute approximate surface area is 287 Å². The van der Waals surface area contributed by atoms with Crippen LogP contribution in [0, 0.1) is 5.92 Å². The van der Waals surface area contributed by atoms with E-state index in [0.29, 0.717) is 45.8 Å². The Morgan fingerprint density at radius 3 is 2.21 bits per heavy atom. The molecule has 48 heavy (non-hydrogen) atoms. The number of benzene rings is 4. The molecule has 1 aromatic heterocycles. The minimum atomic E-state index is -1.30. The Balaban J connectivity index is 1.41. The molecule has 4 atom stereocenters. The van der Waals surface area contributed by atoms with Gasteiger partial charge in [0.2, 0.25) is 0 Å². The molecule has 8 nitrogen and oxygen atoms in total. The Hall–Kier alpha value is -4.76. The fraction of sp³-hybridized carbons (Fsp3) is 0.282. The summed E-state index contributed by atoms with van der Waals surface area (Å²) in [4.78, 5) is 0. The van der Waals surface area contributed by atoms with Gasteiger partial charge >= 0.3 is 0 Å². The molecule has 0 saturated carbocycles. The van der Waals surface area contributed by atoms with Crippen LogP contribution in [0.25, 0.3) is 22.3 Å². The molecule has 0 radical (unpaired) electrons. The van der Waals surface area contributed by atoms with E-state index in [1.165, 1.54) is 5.57 Å². The maximum atomic E-state index is 7.37. The van der Waals surface area contributed by atoms with Crippen LogP contribution >= 0.6 is 15.9 Å². The van der Waals surface area contributed by atoms with Crippen molar-refractivity contribution in [2.45, 2.75) is 31.0 Å². The second-order valence-corrected chi connectivity index (χ2v) is 13.2. The number of allylic oxidation sites excluding steroid dienone is 2. The minimum absolute atomic E-state index is 0.0584. The first-order chi connectivity index (χ1) is 23.3. The molecule has 4 aromatic carbocycles. The van der Waals surface area contributed by atoms with Crippen LogP contribution in [-0.4, -0.2) is 35.5 Å². The molecule has 0 bridgehead atoms. The molecular weight excluding hydrogens is 676 g/mol. The van der Waals surface area contributed by atoms with E-state index in [1.54, 1.807) is 35.5 Å². The molecule has 0 spiro atoms. The van der Waals surface area contributed by atoms with Gasteiger partial charge in [0.15, 0.2) is 0 Å². The van der Waals surface area contributed by atoms with Gasteiger partial charge in [-0.1, -0.05) is 17.7 Å². The average molecular weight is 712 g/mol. The van der Waals surface area contributed by atoms with Gasteiger partial charge in [0, 0.05) is 46.5 Å². The van der Waals surface area contributed by atoms with Crippen molar-refractivity contribution in [2.75, 3.05) is 35.5 Å². The molecule has 0 amide bonds. The SMILES string of the molecule is COc1ccc2c(c1)O[C@@]1(c3ccc(OC)cc3OC)Oc3c(Br)c(-c4cc5ccc(OC)cc5o4)cc(OC)c3[C@H]3C=C(C)C[C@H]2[C@H]31. The summed E-state index contributed by atoms with van der Waals surface area (Å²) in [5.74, 6) is 3.80. The predicted molar refractivity (Wildman–Crippen MR) is 185 cm³/mol. The number of rotatable bonds is 7. The highest BCUT2D eigenvalue weighted by molar-refractivity contribution is 9.10. The van der Waals surface area contributed by atoms with Crippen LogP contribution in [0.15, 0.2) is 87.3 Å². The fourth-order valence-electron chi connectivity index (χ4n) is 7.81. The van der Waals surface area contributed by atoms with Crippen molar-refractivity contribution in [3.05, 3.63) is 99.5 Å². The summed E-state index contributed by atoms with van der Waals surface area (Å²) in [6, 6.07) is 21.6. The van der Waals surface area contributed by atoms with Gasteiger partial charge in [0.05, 0.1) is 51.5 Å². The summed E-state index contributed by atoms with van der Waals surface area (Å²) in [6.07, 6.45) is 3.18. The Morgan fingerprint density at radius 1 is 0.750 bits per heavy atom. The molecule has 5 aromatic rings. The third-order valence-corrected chi connectivity index (χ3v) is 10.7.